The minimum atomic E-state index is -1.26. The Bertz CT molecular complexity index is 509. The molecule has 0 saturated carbocycles. The van der Waals surface area contributed by atoms with Crippen LogP contribution in [0.1, 0.15) is 34.1 Å². The molecule has 3 atom stereocenters. The average molecular weight is 328 g/mol. The van der Waals surface area contributed by atoms with Crippen LogP contribution in [0, 0.1) is 5.92 Å². The van der Waals surface area contributed by atoms with Crippen molar-refractivity contribution in [3.63, 3.8) is 0 Å². The van der Waals surface area contributed by atoms with Crippen molar-refractivity contribution >= 4 is 18.0 Å². The predicted molar refractivity (Wildman–Crippen MR) is 81.2 cm³/mol. The fraction of sp³-hybridized carbons (Fsp3) is 0.667. The number of ether oxygens (including phenoxy) is 2. The summed E-state index contributed by atoms with van der Waals surface area (Å²) in [7, 11) is 0. The highest BCUT2D eigenvalue weighted by Crippen LogP contribution is 2.26. The van der Waals surface area contributed by atoms with Gasteiger partial charge in [-0.15, -0.1) is 0 Å². The Kier molecular flexibility index (Phi) is 6.14. The molecule has 1 aliphatic carbocycles. The minimum absolute atomic E-state index is 0.0221. The molecule has 0 bridgehead atoms. The summed E-state index contributed by atoms with van der Waals surface area (Å²) in [5, 5.41) is 12.6. The third-order valence-electron chi connectivity index (χ3n) is 3.20. The van der Waals surface area contributed by atoms with Crippen molar-refractivity contribution in [3.05, 3.63) is 11.6 Å². The van der Waals surface area contributed by atoms with E-state index in [4.69, 9.17) is 15.2 Å². The van der Waals surface area contributed by atoms with Crippen LogP contribution < -0.4 is 11.1 Å². The molecule has 0 saturated heterocycles. The molecule has 0 spiro atoms. The molecular weight excluding hydrogens is 304 g/mol. The summed E-state index contributed by atoms with van der Waals surface area (Å²) >= 11 is 0. The van der Waals surface area contributed by atoms with E-state index in [2.05, 4.69) is 5.32 Å². The Morgan fingerprint density at radius 2 is 2.00 bits per heavy atom. The van der Waals surface area contributed by atoms with Gasteiger partial charge in [0, 0.05) is 5.57 Å². The Morgan fingerprint density at radius 3 is 2.48 bits per heavy atom. The van der Waals surface area contributed by atoms with Crippen LogP contribution in [-0.4, -0.2) is 47.4 Å². The number of hydrogen-bond donors (Lipinski definition) is 3. The monoisotopic (exact) mass is 328 g/mol. The molecule has 0 radical (unpaired) electrons. The molecule has 0 aromatic carbocycles. The van der Waals surface area contributed by atoms with Gasteiger partial charge in [-0.25, -0.2) is 9.59 Å². The van der Waals surface area contributed by atoms with Crippen molar-refractivity contribution < 1.29 is 29.0 Å². The maximum atomic E-state index is 11.8. The Balaban J connectivity index is 2.92. The van der Waals surface area contributed by atoms with Gasteiger partial charge in [-0.1, -0.05) is 0 Å². The Morgan fingerprint density at radius 1 is 1.39 bits per heavy atom. The molecule has 23 heavy (non-hydrogen) atoms. The zero-order valence-corrected chi connectivity index (χ0v) is 13.8. The van der Waals surface area contributed by atoms with E-state index in [1.165, 1.54) is 6.08 Å². The van der Waals surface area contributed by atoms with Gasteiger partial charge in [0.1, 0.15) is 5.60 Å². The number of aliphatic hydroxyl groups excluding tert-OH is 1. The number of hydrogen-bond acceptors (Lipinski definition) is 6. The number of carbonyl (C=O) groups excluding carboxylic acids is 3. The first-order valence-corrected chi connectivity index (χ1v) is 7.40. The first-order chi connectivity index (χ1) is 10.5. The molecule has 0 fully saturated rings. The normalized spacial score (nSPS) is 24.4. The van der Waals surface area contributed by atoms with Crippen molar-refractivity contribution in [1.29, 1.82) is 0 Å². The predicted octanol–water partition coefficient (Wildman–Crippen LogP) is 0.235. The third kappa shape index (κ3) is 5.55. The standard InChI is InChI=1S/C15H24N2O6/c1-5-22-13(20)8-6-9(12(16)19)11(10(18)7-8)17-14(21)23-15(2,3)4/h7,9-11,18H,5-6H2,1-4H3,(H2,16,19)(H,17,21)/t9-,10+,11+/m1/s1. The van der Waals surface area contributed by atoms with Gasteiger partial charge in [-0.2, -0.15) is 0 Å². The second-order valence-electron chi connectivity index (χ2n) is 6.29. The van der Waals surface area contributed by atoms with Gasteiger partial charge in [-0.05, 0) is 40.2 Å². The Labute approximate surface area is 135 Å². The molecule has 130 valence electrons. The number of carbonyl (C=O) groups is 3. The lowest BCUT2D eigenvalue weighted by molar-refractivity contribution is -0.139. The largest absolute Gasteiger partial charge is 0.463 e. The zero-order chi connectivity index (χ0) is 17.8. The molecular formula is C15H24N2O6. The molecule has 0 unspecified atom stereocenters. The lowest BCUT2D eigenvalue weighted by Gasteiger charge is -2.33. The van der Waals surface area contributed by atoms with E-state index in [9.17, 15) is 19.5 Å². The van der Waals surface area contributed by atoms with E-state index in [0.717, 1.165) is 0 Å². The van der Waals surface area contributed by atoms with Crippen molar-refractivity contribution in [3.8, 4) is 0 Å². The lowest BCUT2D eigenvalue weighted by atomic mass is 9.82. The van der Waals surface area contributed by atoms with Crippen molar-refractivity contribution in [2.24, 2.45) is 11.7 Å². The van der Waals surface area contributed by atoms with Crippen LogP contribution in [0.4, 0.5) is 4.79 Å². The molecule has 1 aliphatic rings. The van der Waals surface area contributed by atoms with Gasteiger partial charge < -0.3 is 25.6 Å². The molecule has 2 amide bonds. The number of amides is 2. The summed E-state index contributed by atoms with van der Waals surface area (Å²) in [5.41, 5.74) is 4.77. The van der Waals surface area contributed by atoms with E-state index in [-0.39, 0.29) is 18.6 Å². The second-order valence-corrected chi connectivity index (χ2v) is 6.29. The van der Waals surface area contributed by atoms with Crippen molar-refractivity contribution in [1.82, 2.24) is 5.32 Å². The van der Waals surface area contributed by atoms with Gasteiger partial charge in [-0.3, -0.25) is 4.79 Å². The highest BCUT2D eigenvalue weighted by Gasteiger charge is 2.39. The van der Waals surface area contributed by atoms with Crippen LogP contribution in [0.25, 0.3) is 0 Å². The summed E-state index contributed by atoms with van der Waals surface area (Å²) in [6, 6.07) is -0.972. The first-order valence-electron chi connectivity index (χ1n) is 7.40. The average Bonchev–Trinajstić information content (AvgIpc) is 2.38. The smallest absolute Gasteiger partial charge is 0.407 e. The number of rotatable bonds is 4. The van der Waals surface area contributed by atoms with E-state index >= 15 is 0 Å². The van der Waals surface area contributed by atoms with Crippen LogP contribution in [0.5, 0.6) is 0 Å². The number of nitrogens with one attached hydrogen (secondary N) is 1. The summed E-state index contributed by atoms with van der Waals surface area (Å²) in [4.78, 5) is 35.3. The maximum Gasteiger partial charge on any atom is 0.407 e. The maximum absolute atomic E-state index is 11.8. The fourth-order valence-electron chi connectivity index (χ4n) is 2.26. The fourth-order valence-corrected chi connectivity index (χ4v) is 2.26. The Hall–Kier alpha value is -2.09. The summed E-state index contributed by atoms with van der Waals surface area (Å²) in [5.74, 6) is -2.30. The molecule has 0 aromatic heterocycles. The molecule has 0 aromatic rings. The van der Waals surface area contributed by atoms with Crippen LogP contribution in [0.2, 0.25) is 0 Å². The number of primary amides is 1. The first kappa shape index (κ1) is 19.0. The van der Waals surface area contributed by atoms with Gasteiger partial charge in [0.15, 0.2) is 0 Å². The van der Waals surface area contributed by atoms with Gasteiger partial charge in [0.05, 0.1) is 24.7 Å². The van der Waals surface area contributed by atoms with Crippen LogP contribution in [0.3, 0.4) is 0 Å². The molecule has 1 rings (SSSR count). The second kappa shape index (κ2) is 7.45. The van der Waals surface area contributed by atoms with Gasteiger partial charge >= 0.3 is 12.1 Å². The third-order valence-corrected chi connectivity index (χ3v) is 3.20. The SMILES string of the molecule is CCOC(=O)C1=C[C@H](O)[C@@H](NC(=O)OC(C)(C)C)[C@H](C(N)=O)C1. The highest BCUT2D eigenvalue weighted by atomic mass is 16.6. The van der Waals surface area contributed by atoms with Crippen molar-refractivity contribution in [2.45, 2.75) is 51.9 Å². The van der Waals surface area contributed by atoms with E-state index < -0.39 is 41.6 Å². The number of aliphatic hydroxyl groups is 1. The van der Waals surface area contributed by atoms with Crippen LogP contribution in [-0.2, 0) is 19.1 Å². The van der Waals surface area contributed by atoms with E-state index in [0.29, 0.717) is 0 Å². The summed E-state index contributed by atoms with van der Waals surface area (Å²) in [6.07, 6.45) is -0.792. The zero-order valence-electron chi connectivity index (χ0n) is 13.8. The number of esters is 1. The van der Waals surface area contributed by atoms with E-state index in [1.807, 2.05) is 0 Å². The van der Waals surface area contributed by atoms with Gasteiger partial charge in [0.25, 0.3) is 0 Å². The van der Waals surface area contributed by atoms with Gasteiger partial charge in [0.2, 0.25) is 5.91 Å². The molecule has 4 N–H and O–H groups in total. The minimum Gasteiger partial charge on any atom is -0.463 e. The topological polar surface area (TPSA) is 128 Å². The molecule has 8 nitrogen and oxygen atoms in total. The van der Waals surface area contributed by atoms with Crippen LogP contribution in [0.15, 0.2) is 11.6 Å². The lowest BCUT2D eigenvalue weighted by Crippen LogP contribution is -2.54. The molecule has 0 aliphatic heterocycles. The number of nitrogens with two attached hydrogens (primary N) is 1. The summed E-state index contributed by atoms with van der Waals surface area (Å²) < 4.78 is 9.96. The van der Waals surface area contributed by atoms with E-state index in [1.54, 1.807) is 27.7 Å². The molecule has 0 heterocycles. The molecule has 8 heteroatoms. The van der Waals surface area contributed by atoms with Crippen LogP contribution >= 0.6 is 0 Å². The summed E-state index contributed by atoms with van der Waals surface area (Å²) in [6.45, 7) is 6.89. The quantitative estimate of drug-likeness (QED) is 0.634. The highest BCUT2D eigenvalue weighted by molar-refractivity contribution is 5.91. The van der Waals surface area contributed by atoms with Crippen molar-refractivity contribution in [2.75, 3.05) is 6.61 Å². The number of alkyl carbamates (subject to hydrolysis) is 1.